The molecule has 0 spiro atoms. The number of nitriles is 1. The summed E-state index contributed by atoms with van der Waals surface area (Å²) in [5.74, 6) is -0.866. The molecule has 0 aromatic heterocycles. The fourth-order valence-electron chi connectivity index (χ4n) is 4.00. The zero-order chi connectivity index (χ0) is 21.8. The summed E-state index contributed by atoms with van der Waals surface area (Å²) in [5, 5.41) is 14.6. The van der Waals surface area contributed by atoms with Crippen LogP contribution in [0.25, 0.3) is 16.3 Å². The Bertz CT molecular complexity index is 1230. The van der Waals surface area contributed by atoms with Crippen molar-refractivity contribution in [1.82, 2.24) is 0 Å². The second-order valence-electron chi connectivity index (χ2n) is 7.52. The highest BCUT2D eigenvalue weighted by Crippen LogP contribution is 2.38. The number of fused-ring (bicyclic) bond motifs is 2. The molecule has 0 atom stereocenters. The quantitative estimate of drug-likeness (QED) is 0.341. The Balaban J connectivity index is 1.73. The normalized spacial score (nSPS) is 14.3. The lowest BCUT2D eigenvalue weighted by Crippen LogP contribution is -2.28. The van der Waals surface area contributed by atoms with Crippen molar-refractivity contribution >= 4 is 39.5 Å². The smallest absolute Gasteiger partial charge is 0.267 e. The van der Waals surface area contributed by atoms with E-state index < -0.39 is 5.91 Å². The van der Waals surface area contributed by atoms with E-state index in [1.807, 2.05) is 60.7 Å². The molecule has 3 aromatic rings. The summed E-state index contributed by atoms with van der Waals surface area (Å²) in [6.07, 6.45) is 2.93. The van der Waals surface area contributed by atoms with Crippen molar-refractivity contribution in [3.05, 3.63) is 77.9 Å². The molecule has 0 radical (unpaired) electrons. The van der Waals surface area contributed by atoms with Crippen molar-refractivity contribution < 1.29 is 9.59 Å². The number of rotatable bonds is 6. The van der Waals surface area contributed by atoms with E-state index >= 15 is 0 Å². The molecule has 0 saturated heterocycles. The monoisotopic (exact) mass is 409 g/mol. The topological polar surface area (TPSA) is 73.2 Å². The maximum Gasteiger partial charge on any atom is 0.267 e. The summed E-state index contributed by atoms with van der Waals surface area (Å²) in [7, 11) is 0. The molecule has 0 saturated carbocycles. The van der Waals surface area contributed by atoms with Crippen LogP contribution in [0.5, 0.6) is 0 Å². The Morgan fingerprint density at radius 1 is 1.00 bits per heavy atom. The SMILES string of the molecule is CCCCCN1C(=O)/C(=C(/C#N)C(=O)Nc2cccc3ccccc23)c2ccccc21. The molecule has 0 unspecified atom stereocenters. The van der Waals surface area contributed by atoms with Crippen molar-refractivity contribution in [2.24, 2.45) is 0 Å². The fraction of sp³-hybridized carbons (Fsp3) is 0.192. The number of hydrogen-bond acceptors (Lipinski definition) is 3. The molecule has 5 nitrogen and oxygen atoms in total. The standard InChI is InChI=1S/C26H23N3O2/c1-2-3-8-16-29-23-15-7-6-13-20(23)24(26(29)31)21(17-27)25(30)28-22-14-9-11-18-10-4-5-12-19(18)22/h4-7,9-15H,2-3,8,16H2,1H3,(H,28,30)/b24-21-. The first-order valence-electron chi connectivity index (χ1n) is 10.5. The minimum Gasteiger partial charge on any atom is -0.321 e. The van der Waals surface area contributed by atoms with Crippen LogP contribution in [0.4, 0.5) is 11.4 Å². The van der Waals surface area contributed by atoms with Gasteiger partial charge in [0, 0.05) is 23.2 Å². The van der Waals surface area contributed by atoms with Gasteiger partial charge >= 0.3 is 0 Å². The van der Waals surface area contributed by atoms with Gasteiger partial charge in [0.05, 0.1) is 11.3 Å². The molecule has 1 N–H and O–H groups in total. The average Bonchev–Trinajstić information content (AvgIpc) is 3.07. The van der Waals surface area contributed by atoms with Gasteiger partial charge in [-0.25, -0.2) is 0 Å². The van der Waals surface area contributed by atoms with Gasteiger partial charge in [0.25, 0.3) is 11.8 Å². The molecule has 0 aliphatic carbocycles. The molecule has 1 aliphatic heterocycles. The molecule has 4 rings (SSSR count). The molecule has 5 heteroatoms. The molecule has 3 aromatic carbocycles. The second kappa shape index (κ2) is 8.85. The van der Waals surface area contributed by atoms with E-state index in [9.17, 15) is 14.9 Å². The van der Waals surface area contributed by atoms with Gasteiger partial charge in [-0.05, 0) is 23.9 Å². The molecule has 1 heterocycles. The minimum absolute atomic E-state index is 0.164. The first-order valence-corrected chi connectivity index (χ1v) is 10.5. The zero-order valence-electron chi connectivity index (χ0n) is 17.4. The van der Waals surface area contributed by atoms with Gasteiger partial charge in [0.1, 0.15) is 11.6 Å². The molecular formula is C26H23N3O2. The predicted molar refractivity (Wildman–Crippen MR) is 123 cm³/mol. The number of para-hydroxylation sites is 1. The van der Waals surface area contributed by atoms with Gasteiger partial charge in [-0.1, -0.05) is 74.4 Å². The maximum absolute atomic E-state index is 13.3. The van der Waals surface area contributed by atoms with Gasteiger partial charge in [0.2, 0.25) is 0 Å². The Labute approximate surface area is 181 Å². The number of benzene rings is 3. The highest BCUT2D eigenvalue weighted by Gasteiger charge is 2.36. The number of anilines is 2. The Hall–Kier alpha value is -3.91. The van der Waals surface area contributed by atoms with Crippen LogP contribution in [-0.2, 0) is 9.59 Å². The lowest BCUT2D eigenvalue weighted by Gasteiger charge is -2.16. The fourth-order valence-corrected chi connectivity index (χ4v) is 4.00. The third-order valence-electron chi connectivity index (χ3n) is 5.54. The first kappa shape index (κ1) is 20.4. The maximum atomic E-state index is 13.3. The Morgan fingerprint density at radius 3 is 2.55 bits per heavy atom. The van der Waals surface area contributed by atoms with Crippen LogP contribution in [0.15, 0.2) is 72.3 Å². The average molecular weight is 409 g/mol. The van der Waals surface area contributed by atoms with E-state index in [0.29, 0.717) is 17.8 Å². The highest BCUT2D eigenvalue weighted by molar-refractivity contribution is 6.38. The molecular weight excluding hydrogens is 386 g/mol. The number of nitrogens with zero attached hydrogens (tertiary/aromatic N) is 2. The van der Waals surface area contributed by atoms with Crippen molar-refractivity contribution in [3.8, 4) is 6.07 Å². The van der Waals surface area contributed by atoms with E-state index in [1.54, 1.807) is 17.0 Å². The summed E-state index contributed by atoms with van der Waals surface area (Å²) < 4.78 is 0. The predicted octanol–water partition coefficient (Wildman–Crippen LogP) is 5.29. The van der Waals surface area contributed by atoms with Crippen molar-refractivity contribution in [2.45, 2.75) is 26.2 Å². The summed E-state index contributed by atoms with van der Waals surface area (Å²) in [6.45, 7) is 2.67. The largest absolute Gasteiger partial charge is 0.321 e. The van der Waals surface area contributed by atoms with Crippen LogP contribution in [0.3, 0.4) is 0 Å². The third kappa shape index (κ3) is 3.80. The highest BCUT2D eigenvalue weighted by atomic mass is 16.2. The van der Waals surface area contributed by atoms with Gasteiger partial charge < -0.3 is 10.2 Å². The van der Waals surface area contributed by atoms with E-state index in [0.717, 1.165) is 35.7 Å². The zero-order valence-corrected chi connectivity index (χ0v) is 17.4. The van der Waals surface area contributed by atoms with Crippen LogP contribution in [0.1, 0.15) is 31.7 Å². The molecule has 31 heavy (non-hydrogen) atoms. The first-order chi connectivity index (χ1) is 15.2. The van der Waals surface area contributed by atoms with E-state index in [4.69, 9.17) is 0 Å². The third-order valence-corrected chi connectivity index (χ3v) is 5.54. The Kier molecular flexibility index (Phi) is 5.81. The summed E-state index contributed by atoms with van der Waals surface area (Å²) in [6, 6.07) is 22.6. The lowest BCUT2D eigenvalue weighted by atomic mass is 10.0. The molecule has 2 amide bonds. The van der Waals surface area contributed by atoms with Crippen LogP contribution < -0.4 is 10.2 Å². The van der Waals surface area contributed by atoms with E-state index in [1.165, 1.54) is 0 Å². The number of unbranched alkanes of at least 4 members (excludes halogenated alkanes) is 2. The van der Waals surface area contributed by atoms with Crippen molar-refractivity contribution in [3.63, 3.8) is 0 Å². The van der Waals surface area contributed by atoms with Crippen molar-refractivity contribution in [2.75, 3.05) is 16.8 Å². The van der Waals surface area contributed by atoms with Crippen molar-refractivity contribution in [1.29, 1.82) is 5.26 Å². The number of nitrogens with one attached hydrogen (secondary N) is 1. The summed E-state index contributed by atoms with van der Waals surface area (Å²) in [4.78, 5) is 28.1. The molecule has 0 bridgehead atoms. The molecule has 1 aliphatic rings. The van der Waals surface area contributed by atoms with E-state index in [-0.39, 0.29) is 17.1 Å². The van der Waals surface area contributed by atoms with Crippen LogP contribution in [0, 0.1) is 11.3 Å². The van der Waals surface area contributed by atoms with Crippen LogP contribution >= 0.6 is 0 Å². The number of carbonyl (C=O) groups excluding carboxylic acids is 2. The van der Waals surface area contributed by atoms with Crippen LogP contribution in [-0.4, -0.2) is 18.4 Å². The summed E-state index contributed by atoms with van der Waals surface area (Å²) in [5.41, 5.74) is 2.00. The van der Waals surface area contributed by atoms with Gasteiger partial charge in [-0.2, -0.15) is 5.26 Å². The number of carbonyl (C=O) groups is 2. The van der Waals surface area contributed by atoms with Crippen LogP contribution in [0.2, 0.25) is 0 Å². The van der Waals surface area contributed by atoms with E-state index in [2.05, 4.69) is 12.2 Å². The van der Waals surface area contributed by atoms with Gasteiger partial charge in [-0.3, -0.25) is 9.59 Å². The number of amides is 2. The Morgan fingerprint density at radius 2 is 1.74 bits per heavy atom. The van der Waals surface area contributed by atoms with Gasteiger partial charge in [-0.15, -0.1) is 0 Å². The summed E-state index contributed by atoms with van der Waals surface area (Å²) >= 11 is 0. The molecule has 0 fully saturated rings. The minimum atomic E-state index is -0.576. The van der Waals surface area contributed by atoms with Gasteiger partial charge in [0.15, 0.2) is 0 Å². The molecule has 154 valence electrons. The lowest BCUT2D eigenvalue weighted by molar-refractivity contribution is -0.114. The second-order valence-corrected chi connectivity index (χ2v) is 7.52. The number of hydrogen-bond donors (Lipinski definition) is 1.